The highest BCUT2D eigenvalue weighted by molar-refractivity contribution is 6.47. The Balaban J connectivity index is 1.23. The smallest absolute Gasteiger partial charge is 0.526 e. The molecule has 0 unspecified atom stereocenters. The quantitative estimate of drug-likeness (QED) is 0.494. The largest absolute Gasteiger partial charge is 0.535 e. The molecule has 0 radical (unpaired) electrons. The lowest BCUT2D eigenvalue weighted by Gasteiger charge is -2.30. The van der Waals surface area contributed by atoms with Crippen LogP contribution in [0.2, 0.25) is 5.82 Å². The van der Waals surface area contributed by atoms with Crippen LogP contribution in [0, 0.1) is 5.92 Å². The first kappa shape index (κ1) is 22.0. The van der Waals surface area contributed by atoms with Gasteiger partial charge in [0.05, 0.1) is 5.56 Å². The number of carbonyl (C=O) groups is 2. The van der Waals surface area contributed by atoms with Crippen molar-refractivity contribution in [1.29, 1.82) is 0 Å². The summed E-state index contributed by atoms with van der Waals surface area (Å²) in [5.41, 5.74) is 2.72. The number of ketones is 2. The Morgan fingerprint density at radius 1 is 1.23 bits per heavy atom. The lowest BCUT2D eigenvalue weighted by atomic mass is 9.64. The molecule has 1 aromatic rings. The first-order chi connectivity index (χ1) is 15.0. The minimum absolute atomic E-state index is 0.0861. The molecule has 2 N–H and O–H groups in total. The van der Waals surface area contributed by atoms with E-state index in [1.54, 1.807) is 6.07 Å². The highest BCUT2D eigenvalue weighted by Gasteiger charge is 2.37. The number of benzene rings is 1. The Labute approximate surface area is 184 Å². The van der Waals surface area contributed by atoms with Crippen LogP contribution in [0.25, 0.3) is 0 Å². The van der Waals surface area contributed by atoms with Gasteiger partial charge in [-0.05, 0) is 62.1 Å². The SMILES string of the molecule is CC(=O)c1cccc2c1OB(O)[C@@H](CC(=O)CC1CCC(NCC3=CN=CC3)CC1)C2. The molecule has 0 bridgehead atoms. The fourth-order valence-electron chi connectivity index (χ4n) is 4.98. The normalized spacial score (nSPS) is 25.0. The van der Waals surface area contributed by atoms with Crippen LogP contribution in [-0.2, 0) is 11.2 Å². The second-order valence-electron chi connectivity index (χ2n) is 9.19. The number of hydrogen-bond donors (Lipinski definition) is 2. The third-order valence-electron chi connectivity index (χ3n) is 6.79. The molecule has 1 aliphatic carbocycles. The van der Waals surface area contributed by atoms with Crippen LogP contribution in [0.4, 0.5) is 0 Å². The van der Waals surface area contributed by atoms with Crippen LogP contribution < -0.4 is 9.97 Å². The molecule has 31 heavy (non-hydrogen) atoms. The molecule has 0 aromatic heterocycles. The highest BCUT2D eigenvalue weighted by Crippen LogP contribution is 2.37. The van der Waals surface area contributed by atoms with Gasteiger partial charge in [-0.3, -0.25) is 14.6 Å². The van der Waals surface area contributed by atoms with E-state index in [1.807, 2.05) is 24.5 Å². The van der Waals surface area contributed by atoms with E-state index >= 15 is 0 Å². The third-order valence-corrected chi connectivity index (χ3v) is 6.79. The fraction of sp³-hybridized carbons (Fsp3) is 0.542. The number of rotatable bonds is 8. The van der Waals surface area contributed by atoms with Gasteiger partial charge in [-0.1, -0.05) is 12.1 Å². The summed E-state index contributed by atoms with van der Waals surface area (Å²) in [6.07, 6.45) is 10.6. The van der Waals surface area contributed by atoms with E-state index in [0.717, 1.165) is 44.2 Å². The average Bonchev–Trinajstić information content (AvgIpc) is 3.27. The van der Waals surface area contributed by atoms with Crippen molar-refractivity contribution < 1.29 is 19.3 Å². The molecule has 4 rings (SSSR count). The van der Waals surface area contributed by atoms with Crippen molar-refractivity contribution >= 4 is 24.9 Å². The molecule has 7 heteroatoms. The summed E-state index contributed by atoms with van der Waals surface area (Å²) >= 11 is 0. The van der Waals surface area contributed by atoms with Gasteiger partial charge < -0.3 is 15.0 Å². The number of nitrogens with zero attached hydrogens (tertiary/aromatic N) is 1. The first-order valence-corrected chi connectivity index (χ1v) is 11.4. The van der Waals surface area contributed by atoms with Crippen molar-refractivity contribution in [2.45, 2.75) is 70.1 Å². The van der Waals surface area contributed by atoms with Gasteiger partial charge in [0.25, 0.3) is 0 Å². The molecule has 1 atom stereocenters. The van der Waals surface area contributed by atoms with Gasteiger partial charge in [-0.2, -0.15) is 0 Å². The standard InChI is InChI=1S/C24H31BN2O4/c1-16(28)23-4-2-3-19-12-20(25(30)31-24(19)23)13-22(29)11-17-5-7-21(8-6-17)27-15-18-9-10-26-14-18/h2-4,10,14,17,20-21,27,30H,5-9,11-13,15H2,1H3/t17?,20-,21?/m1/s1. The Kier molecular flexibility index (Phi) is 7.03. The van der Waals surface area contributed by atoms with Crippen LogP contribution in [0.3, 0.4) is 0 Å². The molecule has 6 nitrogen and oxygen atoms in total. The number of para-hydroxylation sites is 1. The van der Waals surface area contributed by atoms with Gasteiger partial charge in [0.15, 0.2) is 5.78 Å². The van der Waals surface area contributed by atoms with Crippen LogP contribution in [-0.4, -0.2) is 42.5 Å². The first-order valence-electron chi connectivity index (χ1n) is 11.4. The zero-order valence-electron chi connectivity index (χ0n) is 18.2. The van der Waals surface area contributed by atoms with Gasteiger partial charge in [-0.15, -0.1) is 0 Å². The number of nitrogens with one attached hydrogen (secondary N) is 1. The number of hydrogen-bond acceptors (Lipinski definition) is 6. The molecule has 2 heterocycles. The van der Waals surface area contributed by atoms with Crippen molar-refractivity contribution in [2.75, 3.05) is 6.54 Å². The molecule has 164 valence electrons. The van der Waals surface area contributed by atoms with Crippen molar-refractivity contribution in [3.63, 3.8) is 0 Å². The lowest BCUT2D eigenvalue weighted by molar-refractivity contribution is -0.120. The molecular formula is C24H31BN2O4. The predicted octanol–water partition coefficient (Wildman–Crippen LogP) is 3.53. The van der Waals surface area contributed by atoms with Crippen LogP contribution in [0.5, 0.6) is 5.75 Å². The zero-order valence-corrected chi connectivity index (χ0v) is 18.2. The summed E-state index contributed by atoms with van der Waals surface area (Å²) in [6.45, 7) is 2.40. The molecule has 0 saturated heterocycles. The second-order valence-corrected chi connectivity index (χ2v) is 9.19. The summed E-state index contributed by atoms with van der Waals surface area (Å²) in [7, 11) is -1.05. The Bertz CT molecular complexity index is 890. The van der Waals surface area contributed by atoms with Crippen molar-refractivity contribution in [3.05, 3.63) is 41.1 Å². The number of aliphatic imine (C=N–C) groups is 1. The zero-order chi connectivity index (χ0) is 21.8. The van der Waals surface area contributed by atoms with Crippen molar-refractivity contribution in [3.8, 4) is 5.75 Å². The maximum Gasteiger partial charge on any atom is 0.526 e. The summed E-state index contributed by atoms with van der Waals surface area (Å²) < 4.78 is 5.67. The molecule has 0 spiro atoms. The Morgan fingerprint density at radius 2 is 2.03 bits per heavy atom. The maximum atomic E-state index is 12.7. The van der Waals surface area contributed by atoms with Crippen LogP contribution >= 0.6 is 0 Å². The maximum absolute atomic E-state index is 12.7. The summed E-state index contributed by atoms with van der Waals surface area (Å²) in [5, 5.41) is 14.1. The Morgan fingerprint density at radius 3 is 2.74 bits per heavy atom. The van der Waals surface area contributed by atoms with E-state index in [4.69, 9.17) is 4.65 Å². The van der Waals surface area contributed by atoms with Gasteiger partial charge in [0.2, 0.25) is 0 Å². The van der Waals surface area contributed by atoms with E-state index in [-0.39, 0.29) is 17.4 Å². The van der Waals surface area contributed by atoms with Gasteiger partial charge in [-0.25, -0.2) is 0 Å². The molecule has 1 aromatic carbocycles. The van der Waals surface area contributed by atoms with E-state index in [2.05, 4.69) is 10.3 Å². The average molecular weight is 422 g/mol. The number of fused-ring (bicyclic) bond motifs is 1. The van der Waals surface area contributed by atoms with E-state index in [0.29, 0.717) is 42.5 Å². The minimum Gasteiger partial charge on any atom is -0.535 e. The molecular weight excluding hydrogens is 391 g/mol. The van der Waals surface area contributed by atoms with Crippen molar-refractivity contribution in [2.24, 2.45) is 10.9 Å². The molecule has 1 saturated carbocycles. The molecule has 0 amide bonds. The second kappa shape index (κ2) is 9.92. The highest BCUT2D eigenvalue weighted by atomic mass is 16.5. The number of carbonyl (C=O) groups excluding carboxylic acids is 2. The van der Waals surface area contributed by atoms with Gasteiger partial charge in [0, 0.05) is 50.1 Å². The molecule has 3 aliphatic rings. The molecule has 2 aliphatic heterocycles. The fourth-order valence-corrected chi connectivity index (χ4v) is 4.98. The monoisotopic (exact) mass is 422 g/mol. The topological polar surface area (TPSA) is 88.0 Å². The van der Waals surface area contributed by atoms with E-state index in [1.165, 1.54) is 12.5 Å². The third kappa shape index (κ3) is 5.52. The van der Waals surface area contributed by atoms with Gasteiger partial charge >= 0.3 is 7.12 Å². The summed E-state index contributed by atoms with van der Waals surface area (Å²) in [4.78, 5) is 28.7. The van der Waals surface area contributed by atoms with E-state index in [9.17, 15) is 14.6 Å². The summed E-state index contributed by atoms with van der Waals surface area (Å²) in [5.74, 6) is 0.748. The molecule has 1 fully saturated rings. The number of Topliss-reactive ketones (excluding diaryl/α,β-unsaturated/α-hetero) is 2. The van der Waals surface area contributed by atoms with Crippen molar-refractivity contribution in [1.82, 2.24) is 5.32 Å². The van der Waals surface area contributed by atoms with Crippen LogP contribution in [0.15, 0.2) is 35.0 Å². The Hall–Kier alpha value is -2.25. The predicted molar refractivity (Wildman–Crippen MR) is 122 cm³/mol. The minimum atomic E-state index is -1.05. The summed E-state index contributed by atoms with van der Waals surface area (Å²) in [6, 6.07) is 5.97. The van der Waals surface area contributed by atoms with E-state index < -0.39 is 7.12 Å². The lowest BCUT2D eigenvalue weighted by Crippen LogP contribution is -2.36. The van der Waals surface area contributed by atoms with Crippen LogP contribution in [0.1, 0.15) is 67.8 Å². The van der Waals surface area contributed by atoms with Gasteiger partial charge in [0.1, 0.15) is 11.5 Å².